The highest BCUT2D eigenvalue weighted by Crippen LogP contribution is 2.30. The summed E-state index contributed by atoms with van der Waals surface area (Å²) in [5.74, 6) is 0.806. The molecule has 0 atom stereocenters. The largest absolute Gasteiger partial charge is 0.474 e. The van der Waals surface area contributed by atoms with Gasteiger partial charge in [0, 0.05) is 19.5 Å². The molecule has 1 aromatic heterocycles. The lowest BCUT2D eigenvalue weighted by Crippen LogP contribution is -2.25. The third-order valence-electron chi connectivity index (χ3n) is 2.88. The van der Waals surface area contributed by atoms with Gasteiger partial charge in [0.1, 0.15) is 6.61 Å². The number of fused-ring (bicyclic) bond motifs is 1. The van der Waals surface area contributed by atoms with E-state index in [2.05, 4.69) is 10.3 Å². The lowest BCUT2D eigenvalue weighted by molar-refractivity contribution is -0.117. The third kappa shape index (κ3) is 1.48. The fraction of sp³-hybridized carbons (Fsp3) is 0.455. The number of hydrogen-bond donors (Lipinski definition) is 1. The van der Waals surface area contributed by atoms with Crippen LogP contribution in [0.4, 0.5) is 11.4 Å². The lowest BCUT2D eigenvalue weighted by atomic mass is 10.3. The fourth-order valence-corrected chi connectivity index (χ4v) is 2.09. The molecule has 0 radical (unpaired) electrons. The molecule has 0 aliphatic carbocycles. The van der Waals surface area contributed by atoms with E-state index in [1.54, 1.807) is 11.1 Å². The molecule has 2 aliphatic rings. The summed E-state index contributed by atoms with van der Waals surface area (Å²) in [6, 6.07) is 1.94. The maximum absolute atomic E-state index is 11.6. The Morgan fingerprint density at radius 2 is 2.44 bits per heavy atom. The van der Waals surface area contributed by atoms with Crippen LogP contribution in [-0.2, 0) is 4.79 Å². The van der Waals surface area contributed by atoms with Crippen LogP contribution >= 0.6 is 0 Å². The molecule has 5 heteroatoms. The third-order valence-corrected chi connectivity index (χ3v) is 2.88. The van der Waals surface area contributed by atoms with Crippen molar-refractivity contribution in [3.8, 4) is 5.88 Å². The van der Waals surface area contributed by atoms with Crippen LogP contribution in [0.1, 0.15) is 12.8 Å². The van der Waals surface area contributed by atoms with Crippen LogP contribution in [0.15, 0.2) is 12.3 Å². The van der Waals surface area contributed by atoms with Gasteiger partial charge < -0.3 is 15.0 Å². The first-order valence-corrected chi connectivity index (χ1v) is 5.52. The van der Waals surface area contributed by atoms with Crippen molar-refractivity contribution in [1.29, 1.82) is 0 Å². The highest BCUT2D eigenvalue weighted by molar-refractivity contribution is 5.95. The molecule has 0 saturated carbocycles. The molecule has 1 saturated heterocycles. The minimum Gasteiger partial charge on any atom is -0.474 e. The zero-order valence-electron chi connectivity index (χ0n) is 8.90. The number of nitrogens with one attached hydrogen (secondary N) is 1. The monoisotopic (exact) mass is 219 g/mol. The first-order valence-electron chi connectivity index (χ1n) is 5.52. The number of carbonyl (C=O) groups is 1. The smallest absolute Gasteiger partial charge is 0.237 e. The van der Waals surface area contributed by atoms with E-state index >= 15 is 0 Å². The highest BCUT2D eigenvalue weighted by atomic mass is 16.5. The second kappa shape index (κ2) is 3.66. The van der Waals surface area contributed by atoms with Crippen molar-refractivity contribution >= 4 is 17.3 Å². The predicted molar refractivity (Wildman–Crippen MR) is 59.8 cm³/mol. The minimum atomic E-state index is 0.179. The summed E-state index contributed by atoms with van der Waals surface area (Å²) in [5.41, 5.74) is 1.74. The molecule has 1 N–H and O–H groups in total. The van der Waals surface area contributed by atoms with Crippen molar-refractivity contribution in [2.24, 2.45) is 0 Å². The van der Waals surface area contributed by atoms with Gasteiger partial charge in [0.05, 0.1) is 17.6 Å². The van der Waals surface area contributed by atoms with Crippen LogP contribution in [0.2, 0.25) is 0 Å². The van der Waals surface area contributed by atoms with Crippen molar-refractivity contribution in [3.05, 3.63) is 12.3 Å². The molecule has 3 heterocycles. The van der Waals surface area contributed by atoms with Crippen LogP contribution in [0.3, 0.4) is 0 Å². The molecule has 1 fully saturated rings. The van der Waals surface area contributed by atoms with Gasteiger partial charge in [0.2, 0.25) is 11.8 Å². The first-order chi connectivity index (χ1) is 7.84. The SMILES string of the molecule is O=C1CCCN1c1cnc2c(c1)NCCO2. The topological polar surface area (TPSA) is 54.5 Å². The molecule has 0 aromatic carbocycles. The maximum atomic E-state index is 11.6. The quantitative estimate of drug-likeness (QED) is 0.766. The predicted octanol–water partition coefficient (Wildman–Crippen LogP) is 1.01. The van der Waals surface area contributed by atoms with Gasteiger partial charge in [-0.25, -0.2) is 4.98 Å². The zero-order chi connectivity index (χ0) is 11.0. The molecule has 0 spiro atoms. The van der Waals surface area contributed by atoms with E-state index in [1.807, 2.05) is 6.07 Å². The fourth-order valence-electron chi connectivity index (χ4n) is 2.09. The normalized spacial score (nSPS) is 19.0. The number of pyridine rings is 1. The number of hydrogen-bond acceptors (Lipinski definition) is 4. The Bertz CT molecular complexity index is 433. The van der Waals surface area contributed by atoms with Crippen LogP contribution in [0, 0.1) is 0 Å². The average Bonchev–Trinajstić information content (AvgIpc) is 2.75. The molecule has 5 nitrogen and oxygen atoms in total. The average molecular weight is 219 g/mol. The van der Waals surface area contributed by atoms with E-state index < -0.39 is 0 Å². The summed E-state index contributed by atoms with van der Waals surface area (Å²) < 4.78 is 5.39. The van der Waals surface area contributed by atoms with Crippen LogP contribution < -0.4 is 15.0 Å². The van der Waals surface area contributed by atoms with Gasteiger partial charge in [-0.1, -0.05) is 0 Å². The molecule has 1 amide bonds. The Kier molecular flexibility index (Phi) is 2.16. The Balaban J connectivity index is 1.93. The van der Waals surface area contributed by atoms with E-state index in [0.29, 0.717) is 18.9 Å². The van der Waals surface area contributed by atoms with Crippen LogP contribution in [-0.4, -0.2) is 30.6 Å². The standard InChI is InChI=1S/C11H13N3O2/c15-10-2-1-4-14(10)8-6-9-11(13-7-8)16-5-3-12-9/h6-7,12H,1-5H2. The number of anilines is 2. The lowest BCUT2D eigenvalue weighted by Gasteiger charge is -2.21. The minimum absolute atomic E-state index is 0.179. The van der Waals surface area contributed by atoms with E-state index in [4.69, 9.17) is 4.74 Å². The van der Waals surface area contributed by atoms with Gasteiger partial charge in [0.15, 0.2) is 0 Å². The summed E-state index contributed by atoms with van der Waals surface area (Å²) in [6.07, 6.45) is 3.27. The summed E-state index contributed by atoms with van der Waals surface area (Å²) in [7, 11) is 0. The number of aromatic nitrogens is 1. The molecule has 3 rings (SSSR count). The van der Waals surface area contributed by atoms with Gasteiger partial charge in [-0.05, 0) is 12.5 Å². The Hall–Kier alpha value is -1.78. The van der Waals surface area contributed by atoms with Crippen molar-refractivity contribution in [2.75, 3.05) is 29.9 Å². The summed E-state index contributed by atoms with van der Waals surface area (Å²) >= 11 is 0. The molecule has 2 aliphatic heterocycles. The Morgan fingerprint density at radius 3 is 3.25 bits per heavy atom. The summed E-state index contributed by atoms with van der Waals surface area (Å²) in [6.45, 7) is 2.22. The van der Waals surface area contributed by atoms with E-state index in [0.717, 1.165) is 30.9 Å². The summed E-state index contributed by atoms with van der Waals surface area (Å²) in [4.78, 5) is 17.6. The Morgan fingerprint density at radius 1 is 1.50 bits per heavy atom. The van der Waals surface area contributed by atoms with E-state index in [1.165, 1.54) is 0 Å². The summed E-state index contributed by atoms with van der Waals surface area (Å²) in [5, 5.41) is 3.22. The first kappa shape index (κ1) is 9.45. The molecular weight excluding hydrogens is 206 g/mol. The maximum Gasteiger partial charge on any atom is 0.237 e. The van der Waals surface area contributed by atoms with Crippen molar-refractivity contribution in [2.45, 2.75) is 12.8 Å². The molecule has 84 valence electrons. The van der Waals surface area contributed by atoms with E-state index in [-0.39, 0.29) is 5.91 Å². The van der Waals surface area contributed by atoms with Gasteiger partial charge in [-0.3, -0.25) is 4.79 Å². The highest BCUT2D eigenvalue weighted by Gasteiger charge is 2.23. The number of rotatable bonds is 1. The molecule has 1 aromatic rings. The van der Waals surface area contributed by atoms with Gasteiger partial charge in [0.25, 0.3) is 0 Å². The number of carbonyl (C=O) groups excluding carboxylic acids is 1. The second-order valence-corrected chi connectivity index (χ2v) is 3.97. The second-order valence-electron chi connectivity index (χ2n) is 3.97. The molecule has 0 unspecified atom stereocenters. The van der Waals surface area contributed by atoms with E-state index in [9.17, 15) is 4.79 Å². The number of ether oxygens (including phenoxy) is 1. The molecule has 16 heavy (non-hydrogen) atoms. The Labute approximate surface area is 93.4 Å². The van der Waals surface area contributed by atoms with Gasteiger partial charge in [-0.15, -0.1) is 0 Å². The van der Waals surface area contributed by atoms with Crippen LogP contribution in [0.5, 0.6) is 5.88 Å². The molecular formula is C11H13N3O2. The van der Waals surface area contributed by atoms with Crippen molar-refractivity contribution < 1.29 is 9.53 Å². The molecule has 0 bridgehead atoms. The van der Waals surface area contributed by atoms with Crippen molar-refractivity contribution in [3.63, 3.8) is 0 Å². The number of amides is 1. The van der Waals surface area contributed by atoms with Crippen molar-refractivity contribution in [1.82, 2.24) is 4.98 Å². The van der Waals surface area contributed by atoms with Gasteiger partial charge >= 0.3 is 0 Å². The zero-order valence-corrected chi connectivity index (χ0v) is 8.90. The van der Waals surface area contributed by atoms with Crippen LogP contribution in [0.25, 0.3) is 0 Å². The van der Waals surface area contributed by atoms with Gasteiger partial charge in [-0.2, -0.15) is 0 Å². The number of nitrogens with zero attached hydrogens (tertiary/aromatic N) is 2.